The quantitative estimate of drug-likeness (QED) is 0.728. The molecular formula is C12H18OS. The predicted octanol–water partition coefficient (Wildman–Crippen LogP) is 3.59. The van der Waals surface area contributed by atoms with Crippen molar-refractivity contribution in [2.75, 3.05) is 0 Å². The van der Waals surface area contributed by atoms with Gasteiger partial charge in [-0.05, 0) is 36.5 Å². The van der Waals surface area contributed by atoms with Crippen LogP contribution in [0, 0.1) is 0 Å². The van der Waals surface area contributed by atoms with Crippen LogP contribution in [0.5, 0.6) is 5.75 Å². The Balaban J connectivity index is 3.01. The fraction of sp³-hybridized carbons (Fsp3) is 0.500. The Morgan fingerprint density at radius 2 is 2.00 bits per heavy atom. The Morgan fingerprint density at radius 1 is 1.29 bits per heavy atom. The largest absolute Gasteiger partial charge is 0.507 e. The Hall–Kier alpha value is -0.630. The summed E-state index contributed by atoms with van der Waals surface area (Å²) in [6, 6.07) is 3.73. The van der Waals surface area contributed by atoms with E-state index < -0.39 is 0 Å². The molecule has 1 aromatic rings. The Morgan fingerprint density at radius 3 is 2.57 bits per heavy atom. The Bertz CT molecular complexity index is 307. The maximum Gasteiger partial charge on any atom is 0.129 e. The number of aryl methyl sites for hydroxylation is 1. The molecule has 0 radical (unpaired) electrons. The number of aromatic hydroxyl groups is 1. The third kappa shape index (κ3) is 2.44. The molecule has 0 heterocycles. The number of phenols is 1. The predicted molar refractivity (Wildman–Crippen MR) is 63.3 cm³/mol. The molecule has 0 aliphatic carbocycles. The van der Waals surface area contributed by atoms with Crippen molar-refractivity contribution in [2.24, 2.45) is 0 Å². The van der Waals surface area contributed by atoms with E-state index >= 15 is 0 Å². The van der Waals surface area contributed by atoms with Gasteiger partial charge in [0.25, 0.3) is 0 Å². The molecule has 2 heteroatoms. The van der Waals surface area contributed by atoms with Gasteiger partial charge in [0, 0.05) is 4.90 Å². The van der Waals surface area contributed by atoms with Crippen LogP contribution in [0.15, 0.2) is 17.0 Å². The summed E-state index contributed by atoms with van der Waals surface area (Å²) < 4.78 is 0. The molecule has 0 aliphatic heterocycles. The third-order valence-electron chi connectivity index (χ3n) is 2.52. The van der Waals surface area contributed by atoms with Crippen molar-refractivity contribution in [1.29, 1.82) is 0 Å². The topological polar surface area (TPSA) is 20.2 Å². The van der Waals surface area contributed by atoms with Crippen molar-refractivity contribution in [3.63, 3.8) is 0 Å². The molecule has 78 valence electrons. The second kappa shape index (κ2) is 5.30. The second-order valence-corrected chi connectivity index (χ2v) is 3.98. The molecule has 1 rings (SSSR count). The van der Waals surface area contributed by atoms with Crippen molar-refractivity contribution in [3.8, 4) is 5.75 Å². The number of benzene rings is 1. The van der Waals surface area contributed by atoms with Gasteiger partial charge in [0.15, 0.2) is 0 Å². The zero-order valence-electron chi connectivity index (χ0n) is 8.88. The minimum Gasteiger partial charge on any atom is -0.507 e. The maximum atomic E-state index is 9.54. The fourth-order valence-electron chi connectivity index (χ4n) is 1.63. The molecule has 0 saturated heterocycles. The van der Waals surface area contributed by atoms with Gasteiger partial charge in [-0.2, -0.15) is 0 Å². The third-order valence-corrected chi connectivity index (χ3v) is 3.02. The highest BCUT2D eigenvalue weighted by Crippen LogP contribution is 2.29. The first-order chi connectivity index (χ1) is 6.70. The van der Waals surface area contributed by atoms with E-state index in [1.807, 2.05) is 6.07 Å². The molecule has 0 atom stereocenters. The Labute approximate surface area is 91.6 Å². The number of phenolic OH excluding ortho intramolecular Hbond substituents is 1. The van der Waals surface area contributed by atoms with Crippen molar-refractivity contribution < 1.29 is 5.11 Å². The molecule has 0 unspecified atom stereocenters. The van der Waals surface area contributed by atoms with E-state index in [1.165, 1.54) is 17.5 Å². The average Bonchev–Trinajstić information content (AvgIpc) is 2.20. The lowest BCUT2D eigenvalue weighted by Crippen LogP contribution is -1.95. The highest BCUT2D eigenvalue weighted by Gasteiger charge is 2.08. The summed E-state index contributed by atoms with van der Waals surface area (Å²) in [4.78, 5) is 0.762. The van der Waals surface area contributed by atoms with Gasteiger partial charge in [0.05, 0.1) is 0 Å². The molecule has 0 spiro atoms. The summed E-state index contributed by atoms with van der Waals surface area (Å²) in [5.74, 6) is 0.302. The number of hydrogen-bond donors (Lipinski definition) is 2. The van der Waals surface area contributed by atoms with E-state index in [9.17, 15) is 5.11 Å². The molecule has 0 aliphatic rings. The van der Waals surface area contributed by atoms with E-state index in [0.717, 1.165) is 24.2 Å². The van der Waals surface area contributed by atoms with Crippen LogP contribution in [0.3, 0.4) is 0 Å². The zero-order chi connectivity index (χ0) is 10.6. The lowest BCUT2D eigenvalue weighted by atomic mass is 10.00. The molecule has 1 nitrogen and oxygen atoms in total. The van der Waals surface area contributed by atoms with Crippen molar-refractivity contribution in [3.05, 3.63) is 23.3 Å². The highest BCUT2D eigenvalue weighted by molar-refractivity contribution is 7.80. The lowest BCUT2D eigenvalue weighted by Gasteiger charge is -2.11. The molecule has 0 fully saturated rings. The van der Waals surface area contributed by atoms with Crippen LogP contribution in [0.1, 0.15) is 37.8 Å². The molecule has 14 heavy (non-hydrogen) atoms. The van der Waals surface area contributed by atoms with Crippen LogP contribution < -0.4 is 0 Å². The van der Waals surface area contributed by atoms with Crippen LogP contribution in [-0.2, 0) is 12.8 Å². The van der Waals surface area contributed by atoms with Gasteiger partial charge < -0.3 is 5.11 Å². The summed E-state index contributed by atoms with van der Waals surface area (Å²) in [5.41, 5.74) is 2.53. The van der Waals surface area contributed by atoms with E-state index in [2.05, 4.69) is 26.5 Å². The smallest absolute Gasteiger partial charge is 0.129 e. The monoisotopic (exact) mass is 210 g/mol. The first-order valence-electron chi connectivity index (χ1n) is 5.23. The van der Waals surface area contributed by atoms with Crippen LogP contribution in [-0.4, -0.2) is 5.11 Å². The number of unbranched alkanes of at least 4 members (excludes halogenated alkanes) is 1. The number of thiol groups is 1. The summed E-state index contributed by atoms with van der Waals surface area (Å²) >= 11 is 4.36. The molecule has 0 aromatic heterocycles. The number of rotatable bonds is 4. The van der Waals surface area contributed by atoms with E-state index in [0.29, 0.717) is 5.75 Å². The van der Waals surface area contributed by atoms with E-state index in [1.54, 1.807) is 6.07 Å². The minimum atomic E-state index is 0.302. The van der Waals surface area contributed by atoms with Crippen LogP contribution in [0.25, 0.3) is 0 Å². The molecule has 0 saturated carbocycles. The van der Waals surface area contributed by atoms with Gasteiger partial charge >= 0.3 is 0 Å². The second-order valence-electron chi connectivity index (χ2n) is 3.53. The normalized spacial score (nSPS) is 10.5. The highest BCUT2D eigenvalue weighted by atomic mass is 32.1. The SMILES string of the molecule is CCCCc1c(CC)ccc(O)c1S. The zero-order valence-corrected chi connectivity index (χ0v) is 9.77. The molecule has 1 aromatic carbocycles. The van der Waals surface area contributed by atoms with E-state index in [4.69, 9.17) is 0 Å². The average molecular weight is 210 g/mol. The molecule has 0 bridgehead atoms. The Kier molecular flexibility index (Phi) is 4.33. The standard InChI is InChI=1S/C12H18OS/c1-3-5-6-10-9(4-2)7-8-11(13)12(10)14/h7-8,13-14H,3-6H2,1-2H3. The summed E-state index contributed by atoms with van der Waals surface area (Å²) in [7, 11) is 0. The van der Waals surface area contributed by atoms with Gasteiger partial charge in [-0.1, -0.05) is 26.3 Å². The van der Waals surface area contributed by atoms with Gasteiger partial charge in [0.2, 0.25) is 0 Å². The van der Waals surface area contributed by atoms with Crippen LogP contribution >= 0.6 is 12.6 Å². The van der Waals surface area contributed by atoms with Crippen LogP contribution in [0.4, 0.5) is 0 Å². The van der Waals surface area contributed by atoms with Crippen molar-refractivity contribution >= 4 is 12.6 Å². The first-order valence-corrected chi connectivity index (χ1v) is 5.68. The first kappa shape index (κ1) is 11.4. The lowest BCUT2D eigenvalue weighted by molar-refractivity contribution is 0.460. The van der Waals surface area contributed by atoms with E-state index in [-0.39, 0.29) is 0 Å². The van der Waals surface area contributed by atoms with Crippen molar-refractivity contribution in [1.82, 2.24) is 0 Å². The van der Waals surface area contributed by atoms with Gasteiger partial charge in [0.1, 0.15) is 5.75 Å². The van der Waals surface area contributed by atoms with Gasteiger partial charge in [-0.25, -0.2) is 0 Å². The van der Waals surface area contributed by atoms with Crippen molar-refractivity contribution in [2.45, 2.75) is 44.4 Å². The van der Waals surface area contributed by atoms with Gasteiger partial charge in [-0.15, -0.1) is 12.6 Å². The summed E-state index contributed by atoms with van der Waals surface area (Å²) in [5, 5.41) is 9.54. The summed E-state index contributed by atoms with van der Waals surface area (Å²) in [6.07, 6.45) is 4.36. The maximum absolute atomic E-state index is 9.54. The molecular weight excluding hydrogens is 192 g/mol. The van der Waals surface area contributed by atoms with Crippen LogP contribution in [0.2, 0.25) is 0 Å². The summed E-state index contributed by atoms with van der Waals surface area (Å²) in [6.45, 7) is 4.31. The fourth-order valence-corrected chi connectivity index (χ4v) is 1.96. The van der Waals surface area contributed by atoms with Gasteiger partial charge in [-0.3, -0.25) is 0 Å². The number of hydrogen-bond acceptors (Lipinski definition) is 2. The minimum absolute atomic E-state index is 0.302. The molecule has 1 N–H and O–H groups in total. The molecule has 0 amide bonds.